The highest BCUT2D eigenvalue weighted by atomic mass is 79.9. The van der Waals surface area contributed by atoms with Gasteiger partial charge in [0.2, 0.25) is 11.9 Å². The van der Waals surface area contributed by atoms with Gasteiger partial charge in [-0.15, -0.1) is 0 Å². The van der Waals surface area contributed by atoms with Gasteiger partial charge in [-0.1, -0.05) is 0 Å². The Kier molecular flexibility index (Phi) is 8.61. The van der Waals surface area contributed by atoms with Gasteiger partial charge >= 0.3 is 6.18 Å². The number of amides is 1. The van der Waals surface area contributed by atoms with Crippen molar-refractivity contribution < 1.29 is 22.8 Å². The van der Waals surface area contributed by atoms with Crippen molar-refractivity contribution in [2.24, 2.45) is 5.92 Å². The van der Waals surface area contributed by atoms with E-state index >= 15 is 0 Å². The lowest BCUT2D eigenvalue weighted by Gasteiger charge is -2.31. The van der Waals surface area contributed by atoms with E-state index in [0.29, 0.717) is 55.5 Å². The Balaban J connectivity index is 1.29. The summed E-state index contributed by atoms with van der Waals surface area (Å²) in [6.07, 6.45) is 0.865. The van der Waals surface area contributed by atoms with Crippen molar-refractivity contribution in [1.82, 2.24) is 25.6 Å². The molecule has 0 unspecified atom stereocenters. The number of anilines is 2. The predicted octanol–water partition coefficient (Wildman–Crippen LogP) is 2.50. The smallest absolute Gasteiger partial charge is 0.383 e. The largest absolute Gasteiger partial charge is 0.419 e. The Labute approximate surface area is 195 Å². The van der Waals surface area contributed by atoms with Crippen LogP contribution in [0.3, 0.4) is 0 Å². The number of hydroxylamine groups is 1. The number of piperidine rings is 1. The van der Waals surface area contributed by atoms with Gasteiger partial charge in [-0.05, 0) is 41.1 Å². The molecule has 0 aliphatic carbocycles. The molecule has 0 aromatic carbocycles. The van der Waals surface area contributed by atoms with Crippen LogP contribution in [0.1, 0.15) is 31.2 Å². The zero-order valence-electron chi connectivity index (χ0n) is 17.5. The number of hydrogen-bond acceptors (Lipinski definition) is 8. The van der Waals surface area contributed by atoms with Crippen LogP contribution in [-0.4, -0.2) is 52.3 Å². The summed E-state index contributed by atoms with van der Waals surface area (Å²) in [6, 6.07) is 0. The van der Waals surface area contributed by atoms with Crippen LogP contribution in [0.25, 0.3) is 0 Å². The minimum absolute atomic E-state index is 0.141. The standard InChI is InChI=1S/C19H23BrF3N7O3/c20-16-14(11-27-28-17(16)32)24-4-1-7-33-29-15(31)8-12-2-5-30(6-3-12)18-25-9-13(10-26-18)19(21,22)23/h9-12H,1-8H2,(H,29,31)(H2,24,28,32). The van der Waals surface area contributed by atoms with Crippen LogP contribution in [0.4, 0.5) is 24.8 Å². The number of nitrogens with one attached hydrogen (secondary N) is 3. The first-order valence-corrected chi connectivity index (χ1v) is 11.0. The monoisotopic (exact) mass is 533 g/mol. The number of aromatic amines is 1. The minimum Gasteiger partial charge on any atom is -0.383 e. The lowest BCUT2D eigenvalue weighted by atomic mass is 9.93. The summed E-state index contributed by atoms with van der Waals surface area (Å²) in [5.41, 5.74) is 1.78. The molecule has 180 valence electrons. The van der Waals surface area contributed by atoms with Gasteiger partial charge in [-0.2, -0.15) is 18.3 Å². The van der Waals surface area contributed by atoms with E-state index in [1.807, 2.05) is 4.90 Å². The number of carbonyl (C=O) groups is 1. The molecular formula is C19H23BrF3N7O3. The Hall–Kier alpha value is -2.74. The first-order valence-electron chi connectivity index (χ1n) is 10.3. The third-order valence-electron chi connectivity index (χ3n) is 5.06. The lowest BCUT2D eigenvalue weighted by Crippen LogP contribution is -2.37. The maximum absolute atomic E-state index is 12.6. The van der Waals surface area contributed by atoms with Gasteiger partial charge in [0.25, 0.3) is 5.56 Å². The summed E-state index contributed by atoms with van der Waals surface area (Å²) >= 11 is 3.17. The molecule has 1 saturated heterocycles. The quantitative estimate of drug-likeness (QED) is 0.331. The molecule has 3 rings (SSSR count). The zero-order chi connectivity index (χ0) is 23.8. The summed E-state index contributed by atoms with van der Waals surface area (Å²) < 4.78 is 38.2. The molecular weight excluding hydrogens is 511 g/mol. The van der Waals surface area contributed by atoms with Gasteiger partial charge in [0.05, 0.1) is 24.1 Å². The topological polar surface area (TPSA) is 125 Å². The second kappa shape index (κ2) is 11.4. The molecule has 0 atom stereocenters. The number of halogens is 4. The molecule has 14 heteroatoms. The van der Waals surface area contributed by atoms with Gasteiger partial charge in [-0.25, -0.2) is 20.5 Å². The zero-order valence-corrected chi connectivity index (χ0v) is 19.1. The summed E-state index contributed by atoms with van der Waals surface area (Å²) in [5, 5.41) is 9.05. The Morgan fingerprint density at radius 1 is 1.24 bits per heavy atom. The van der Waals surface area contributed by atoms with Gasteiger partial charge in [-0.3, -0.25) is 14.4 Å². The maximum atomic E-state index is 12.6. The normalized spacial score (nSPS) is 14.8. The molecule has 0 bridgehead atoms. The molecule has 0 saturated carbocycles. The molecule has 2 aromatic rings. The maximum Gasteiger partial charge on any atom is 0.419 e. The van der Waals surface area contributed by atoms with E-state index < -0.39 is 11.7 Å². The highest BCUT2D eigenvalue weighted by Crippen LogP contribution is 2.29. The number of aromatic nitrogens is 4. The molecule has 2 aromatic heterocycles. The average Bonchev–Trinajstić information content (AvgIpc) is 2.79. The fraction of sp³-hybridized carbons (Fsp3) is 0.526. The predicted molar refractivity (Wildman–Crippen MR) is 116 cm³/mol. The van der Waals surface area contributed by atoms with Gasteiger partial charge in [0.1, 0.15) is 4.47 Å². The number of alkyl halides is 3. The van der Waals surface area contributed by atoms with Crippen LogP contribution in [-0.2, 0) is 15.8 Å². The molecule has 33 heavy (non-hydrogen) atoms. The number of nitrogens with zero attached hydrogens (tertiary/aromatic N) is 4. The van der Waals surface area contributed by atoms with E-state index in [2.05, 4.69) is 46.9 Å². The first kappa shape index (κ1) is 24.9. The fourth-order valence-corrected chi connectivity index (χ4v) is 3.61. The number of H-pyrrole nitrogens is 1. The van der Waals surface area contributed by atoms with Crippen molar-refractivity contribution in [3.8, 4) is 0 Å². The summed E-state index contributed by atoms with van der Waals surface area (Å²) in [7, 11) is 0. The Morgan fingerprint density at radius 2 is 1.94 bits per heavy atom. The minimum atomic E-state index is -4.46. The van der Waals surface area contributed by atoms with Crippen molar-refractivity contribution in [1.29, 1.82) is 0 Å². The van der Waals surface area contributed by atoms with E-state index in [4.69, 9.17) is 4.84 Å². The fourth-order valence-electron chi connectivity index (χ4n) is 3.28. The first-order chi connectivity index (χ1) is 15.7. The number of rotatable bonds is 9. The third-order valence-corrected chi connectivity index (χ3v) is 5.84. The number of hydrogen-bond donors (Lipinski definition) is 3. The highest BCUT2D eigenvalue weighted by Gasteiger charge is 2.32. The second-order valence-corrected chi connectivity index (χ2v) is 8.28. The van der Waals surface area contributed by atoms with Crippen molar-refractivity contribution in [2.45, 2.75) is 31.9 Å². The van der Waals surface area contributed by atoms with Crippen molar-refractivity contribution >= 4 is 33.5 Å². The highest BCUT2D eigenvalue weighted by molar-refractivity contribution is 9.10. The van der Waals surface area contributed by atoms with Crippen LogP contribution < -0.4 is 21.3 Å². The van der Waals surface area contributed by atoms with Crippen LogP contribution >= 0.6 is 15.9 Å². The molecule has 3 heterocycles. The lowest BCUT2D eigenvalue weighted by molar-refractivity contribution is -0.138. The summed E-state index contributed by atoms with van der Waals surface area (Å²) in [6.45, 7) is 1.92. The molecule has 1 amide bonds. The van der Waals surface area contributed by atoms with E-state index in [1.165, 1.54) is 6.20 Å². The average molecular weight is 534 g/mol. The van der Waals surface area contributed by atoms with Gasteiger partial charge in [0.15, 0.2) is 0 Å². The van der Waals surface area contributed by atoms with E-state index in [1.54, 1.807) is 0 Å². The SMILES string of the molecule is O=C(CC1CCN(c2ncc(C(F)(F)F)cn2)CC1)NOCCCNc1cn[nH]c(=O)c1Br. The van der Waals surface area contributed by atoms with Crippen molar-refractivity contribution in [3.05, 3.63) is 39.0 Å². The van der Waals surface area contributed by atoms with Crippen molar-refractivity contribution in [2.75, 3.05) is 36.5 Å². The molecule has 1 aliphatic heterocycles. The third kappa shape index (κ3) is 7.39. The Morgan fingerprint density at radius 3 is 2.61 bits per heavy atom. The van der Waals surface area contributed by atoms with Crippen LogP contribution in [0.15, 0.2) is 27.9 Å². The molecule has 1 fully saturated rings. The van der Waals surface area contributed by atoms with Crippen molar-refractivity contribution in [3.63, 3.8) is 0 Å². The second-order valence-electron chi connectivity index (χ2n) is 7.48. The molecule has 0 radical (unpaired) electrons. The summed E-state index contributed by atoms with van der Waals surface area (Å²) in [5.74, 6) is 0.168. The van der Waals surface area contributed by atoms with Crippen LogP contribution in [0.2, 0.25) is 0 Å². The molecule has 0 spiro atoms. The molecule has 10 nitrogen and oxygen atoms in total. The Bertz CT molecular complexity index is 980. The molecule has 3 N–H and O–H groups in total. The van der Waals surface area contributed by atoms with E-state index in [9.17, 15) is 22.8 Å². The van der Waals surface area contributed by atoms with Crippen LogP contribution in [0.5, 0.6) is 0 Å². The molecule has 1 aliphatic rings. The van der Waals surface area contributed by atoms with Gasteiger partial charge < -0.3 is 10.2 Å². The summed E-state index contributed by atoms with van der Waals surface area (Å²) in [4.78, 5) is 38.2. The van der Waals surface area contributed by atoms with E-state index in [-0.39, 0.29) is 29.9 Å². The van der Waals surface area contributed by atoms with Crippen LogP contribution in [0, 0.1) is 5.92 Å². The van der Waals surface area contributed by atoms with E-state index in [0.717, 1.165) is 12.4 Å². The van der Waals surface area contributed by atoms with Gasteiger partial charge in [0, 0.05) is 38.4 Å². The number of carbonyl (C=O) groups excluding carboxylic acids is 1.